The molecule has 23 heavy (non-hydrogen) atoms. The minimum absolute atomic E-state index is 0.0625. The Kier molecular flexibility index (Phi) is 4.75. The van der Waals surface area contributed by atoms with E-state index < -0.39 is 0 Å². The molecule has 1 aliphatic rings. The topological polar surface area (TPSA) is 53.2 Å². The zero-order valence-electron chi connectivity index (χ0n) is 12.6. The summed E-state index contributed by atoms with van der Waals surface area (Å²) in [6, 6.07) is 12.3. The first-order valence-corrected chi connectivity index (χ1v) is 8.16. The van der Waals surface area contributed by atoms with Crippen molar-refractivity contribution < 1.29 is 9.18 Å². The Morgan fingerprint density at radius 3 is 2.70 bits per heavy atom. The van der Waals surface area contributed by atoms with Gasteiger partial charge in [0.15, 0.2) is 0 Å². The zero-order chi connectivity index (χ0) is 16.4. The van der Waals surface area contributed by atoms with Crippen LogP contribution in [0.2, 0.25) is 0 Å². The number of carbonyl (C=O) groups excluding carboxylic acids is 1. The van der Waals surface area contributed by atoms with Crippen LogP contribution in [0.25, 0.3) is 0 Å². The molecule has 120 valence electrons. The van der Waals surface area contributed by atoms with Crippen molar-refractivity contribution in [3.05, 3.63) is 63.9 Å². The fourth-order valence-electron chi connectivity index (χ4n) is 2.60. The van der Waals surface area contributed by atoms with Crippen LogP contribution < -0.4 is 16.2 Å². The number of amides is 1. The molecule has 2 aromatic carbocycles. The van der Waals surface area contributed by atoms with Crippen molar-refractivity contribution >= 4 is 27.5 Å². The zero-order valence-corrected chi connectivity index (χ0v) is 14.2. The summed E-state index contributed by atoms with van der Waals surface area (Å²) in [4.78, 5) is 12.4. The average Bonchev–Trinajstić information content (AvgIpc) is 3.02. The van der Waals surface area contributed by atoms with E-state index in [0.717, 1.165) is 10.0 Å². The van der Waals surface area contributed by atoms with Gasteiger partial charge >= 0.3 is 0 Å². The number of hydrazine groups is 1. The fourth-order valence-corrected chi connectivity index (χ4v) is 2.87. The van der Waals surface area contributed by atoms with Gasteiger partial charge < -0.3 is 5.32 Å². The molecular weight excluding hydrogens is 361 g/mol. The van der Waals surface area contributed by atoms with Gasteiger partial charge in [0, 0.05) is 21.8 Å². The van der Waals surface area contributed by atoms with E-state index in [1.807, 2.05) is 24.3 Å². The lowest BCUT2D eigenvalue weighted by atomic mass is 10.0. The molecule has 0 saturated carbocycles. The predicted molar refractivity (Wildman–Crippen MR) is 91.3 cm³/mol. The highest BCUT2D eigenvalue weighted by molar-refractivity contribution is 9.10. The van der Waals surface area contributed by atoms with Crippen LogP contribution in [0.3, 0.4) is 0 Å². The standard InChI is InChI=1S/C17H17BrFN3O/c1-10-13(19)3-2-4-14(10)20-17(23)16-9-15(21-22-16)11-5-7-12(18)8-6-11/h2-8,15-16,21-22H,9H2,1H3,(H,20,23). The lowest BCUT2D eigenvalue weighted by Crippen LogP contribution is -2.39. The first-order valence-electron chi connectivity index (χ1n) is 7.37. The Balaban J connectivity index is 1.65. The van der Waals surface area contributed by atoms with Gasteiger partial charge in [0.25, 0.3) is 0 Å². The lowest BCUT2D eigenvalue weighted by molar-refractivity contribution is -0.117. The quantitative estimate of drug-likeness (QED) is 0.767. The molecule has 2 unspecified atom stereocenters. The van der Waals surface area contributed by atoms with Crippen LogP contribution in [0.15, 0.2) is 46.9 Å². The maximum Gasteiger partial charge on any atom is 0.242 e. The van der Waals surface area contributed by atoms with Gasteiger partial charge in [-0.1, -0.05) is 34.1 Å². The number of carbonyl (C=O) groups is 1. The number of halogens is 2. The molecule has 3 N–H and O–H groups in total. The summed E-state index contributed by atoms with van der Waals surface area (Å²) in [7, 11) is 0. The van der Waals surface area contributed by atoms with E-state index in [2.05, 4.69) is 32.1 Å². The number of anilines is 1. The van der Waals surface area contributed by atoms with Crippen LogP contribution in [0.5, 0.6) is 0 Å². The van der Waals surface area contributed by atoms with E-state index in [0.29, 0.717) is 17.7 Å². The van der Waals surface area contributed by atoms with Crippen molar-refractivity contribution in [2.75, 3.05) is 5.32 Å². The molecule has 3 rings (SSSR count). The van der Waals surface area contributed by atoms with E-state index in [1.54, 1.807) is 19.1 Å². The molecule has 2 aromatic rings. The molecular formula is C17H17BrFN3O. The SMILES string of the molecule is Cc1c(F)cccc1NC(=O)C1CC(c2ccc(Br)cc2)NN1. The Hall–Kier alpha value is -1.76. The molecule has 0 radical (unpaired) electrons. The van der Waals surface area contributed by atoms with Crippen molar-refractivity contribution in [2.45, 2.75) is 25.4 Å². The molecule has 0 spiro atoms. The van der Waals surface area contributed by atoms with E-state index >= 15 is 0 Å². The second kappa shape index (κ2) is 6.78. The average molecular weight is 378 g/mol. The van der Waals surface area contributed by atoms with Crippen molar-refractivity contribution in [3.63, 3.8) is 0 Å². The number of rotatable bonds is 3. The predicted octanol–water partition coefficient (Wildman–Crippen LogP) is 3.44. The molecule has 1 saturated heterocycles. The molecule has 0 bridgehead atoms. The molecule has 1 fully saturated rings. The molecule has 4 nitrogen and oxygen atoms in total. The summed E-state index contributed by atoms with van der Waals surface area (Å²) in [6.45, 7) is 1.65. The monoisotopic (exact) mass is 377 g/mol. The molecule has 2 atom stereocenters. The molecule has 1 aliphatic heterocycles. The normalized spacial score (nSPS) is 20.5. The van der Waals surface area contributed by atoms with Crippen LogP contribution in [0, 0.1) is 12.7 Å². The number of benzene rings is 2. The summed E-state index contributed by atoms with van der Waals surface area (Å²) in [5.74, 6) is -0.501. The summed E-state index contributed by atoms with van der Waals surface area (Å²) in [6.07, 6.45) is 0.627. The van der Waals surface area contributed by atoms with Gasteiger partial charge in [0.05, 0.1) is 0 Å². The van der Waals surface area contributed by atoms with E-state index in [1.165, 1.54) is 6.07 Å². The summed E-state index contributed by atoms with van der Waals surface area (Å²) < 4.78 is 14.6. The third-order valence-corrected chi connectivity index (χ3v) is 4.55. The summed E-state index contributed by atoms with van der Waals surface area (Å²) >= 11 is 3.41. The largest absolute Gasteiger partial charge is 0.324 e. The summed E-state index contributed by atoms with van der Waals surface area (Å²) in [5, 5.41) is 2.79. The van der Waals surface area contributed by atoms with Crippen LogP contribution in [0.4, 0.5) is 10.1 Å². The Morgan fingerprint density at radius 2 is 1.96 bits per heavy atom. The molecule has 1 heterocycles. The van der Waals surface area contributed by atoms with Crippen LogP contribution in [-0.4, -0.2) is 11.9 Å². The van der Waals surface area contributed by atoms with Gasteiger partial charge in [-0.25, -0.2) is 15.2 Å². The second-order valence-corrected chi connectivity index (χ2v) is 6.50. The smallest absolute Gasteiger partial charge is 0.242 e. The molecule has 6 heteroatoms. The van der Waals surface area contributed by atoms with Gasteiger partial charge in [-0.3, -0.25) is 4.79 Å². The van der Waals surface area contributed by atoms with Gasteiger partial charge in [-0.15, -0.1) is 0 Å². The highest BCUT2D eigenvalue weighted by Crippen LogP contribution is 2.25. The van der Waals surface area contributed by atoms with Crippen LogP contribution in [0.1, 0.15) is 23.6 Å². The molecule has 0 aromatic heterocycles. The highest BCUT2D eigenvalue weighted by atomic mass is 79.9. The Bertz CT molecular complexity index is 720. The minimum atomic E-state index is -0.369. The van der Waals surface area contributed by atoms with Gasteiger partial charge in [0.1, 0.15) is 11.9 Å². The van der Waals surface area contributed by atoms with Gasteiger partial charge in [-0.2, -0.15) is 0 Å². The van der Waals surface area contributed by atoms with Crippen molar-refractivity contribution in [1.29, 1.82) is 0 Å². The van der Waals surface area contributed by atoms with Crippen molar-refractivity contribution in [3.8, 4) is 0 Å². The van der Waals surface area contributed by atoms with Crippen molar-refractivity contribution in [2.24, 2.45) is 0 Å². The third-order valence-electron chi connectivity index (χ3n) is 4.02. The molecule has 1 amide bonds. The van der Waals surface area contributed by atoms with E-state index in [9.17, 15) is 9.18 Å². The Labute approximate surface area is 142 Å². The Morgan fingerprint density at radius 1 is 1.22 bits per heavy atom. The van der Waals surface area contributed by atoms with E-state index in [-0.39, 0.29) is 23.8 Å². The lowest BCUT2D eigenvalue weighted by Gasteiger charge is -2.13. The first-order chi connectivity index (χ1) is 11.0. The fraction of sp³-hybridized carbons (Fsp3) is 0.235. The highest BCUT2D eigenvalue weighted by Gasteiger charge is 2.30. The number of hydrogen-bond donors (Lipinski definition) is 3. The maximum absolute atomic E-state index is 13.5. The minimum Gasteiger partial charge on any atom is -0.324 e. The number of hydrogen-bond acceptors (Lipinski definition) is 3. The van der Waals surface area contributed by atoms with Crippen LogP contribution in [-0.2, 0) is 4.79 Å². The molecule has 0 aliphatic carbocycles. The third kappa shape index (κ3) is 3.60. The second-order valence-electron chi connectivity index (χ2n) is 5.58. The maximum atomic E-state index is 13.5. The van der Waals surface area contributed by atoms with Gasteiger partial charge in [0.2, 0.25) is 5.91 Å². The van der Waals surface area contributed by atoms with E-state index in [4.69, 9.17) is 0 Å². The van der Waals surface area contributed by atoms with Crippen LogP contribution >= 0.6 is 15.9 Å². The summed E-state index contributed by atoms with van der Waals surface area (Å²) in [5.41, 5.74) is 8.20. The van der Waals surface area contributed by atoms with Gasteiger partial charge in [-0.05, 0) is 43.2 Å². The first kappa shape index (κ1) is 16.1. The van der Waals surface area contributed by atoms with Crippen molar-refractivity contribution in [1.82, 2.24) is 10.9 Å². The number of nitrogens with one attached hydrogen (secondary N) is 3.